The molecule has 0 atom stereocenters. The molecule has 0 aromatic carbocycles. The number of oxazole rings is 1. The van der Waals surface area contributed by atoms with Gasteiger partial charge in [-0.2, -0.15) is 0 Å². The quantitative estimate of drug-likeness (QED) is 0.403. The summed E-state index contributed by atoms with van der Waals surface area (Å²) in [6.45, 7) is -1.77. The van der Waals surface area contributed by atoms with Crippen LogP contribution in [0.25, 0.3) is 33.6 Å². The Bertz CT molecular complexity index is 1090. The van der Waals surface area contributed by atoms with Gasteiger partial charge in [0.15, 0.2) is 6.54 Å². The van der Waals surface area contributed by atoms with Crippen molar-refractivity contribution in [2.24, 2.45) is 6.98 Å². The molecule has 5 heterocycles. The maximum atomic E-state index is 7.85. The number of fused-ring (bicyclic) bond motifs is 7. The van der Waals surface area contributed by atoms with Crippen LogP contribution in [-0.2, 0) is 13.5 Å². The fourth-order valence-corrected chi connectivity index (χ4v) is 2.96. The second-order valence-electron chi connectivity index (χ2n) is 4.87. The van der Waals surface area contributed by atoms with Gasteiger partial charge in [-0.15, -0.1) is 4.57 Å². The monoisotopic (exact) mass is 266 g/mol. The van der Waals surface area contributed by atoms with E-state index in [4.69, 9.17) is 8.53 Å². The highest BCUT2D eigenvalue weighted by Gasteiger charge is 2.37. The van der Waals surface area contributed by atoms with Crippen LogP contribution in [0.4, 0.5) is 0 Å². The molecule has 0 amide bonds. The summed E-state index contributed by atoms with van der Waals surface area (Å²) in [6, 6.07) is 5.48. The van der Waals surface area contributed by atoms with Gasteiger partial charge in [-0.25, -0.2) is 0 Å². The first-order valence-corrected chi connectivity index (χ1v) is 6.31. The Kier molecular flexibility index (Phi) is 1.27. The minimum absolute atomic E-state index is 0.345. The largest absolute Gasteiger partial charge is 0.385 e. The summed E-state index contributed by atoms with van der Waals surface area (Å²) in [5.41, 5.74) is 3.51. The lowest BCUT2D eigenvalue weighted by atomic mass is 10.2. The van der Waals surface area contributed by atoms with E-state index in [2.05, 4.69) is 9.97 Å². The highest BCUT2D eigenvalue weighted by Crippen LogP contribution is 2.33. The van der Waals surface area contributed by atoms with Gasteiger partial charge in [0.2, 0.25) is 0 Å². The summed E-state index contributed by atoms with van der Waals surface area (Å²) in [5, 5.41) is 0.765. The normalized spacial score (nSPS) is 15.9. The molecule has 4 aromatic rings. The van der Waals surface area contributed by atoms with Crippen molar-refractivity contribution in [1.29, 1.82) is 0 Å². The van der Waals surface area contributed by atoms with Crippen LogP contribution in [-0.4, -0.2) is 14.5 Å². The average molecular weight is 266 g/mol. The van der Waals surface area contributed by atoms with E-state index in [-0.39, 0.29) is 0 Å². The third kappa shape index (κ3) is 1.02. The molecular formula is C15H11N4O+. The van der Waals surface area contributed by atoms with Crippen molar-refractivity contribution in [2.75, 3.05) is 0 Å². The number of hydrogen-bond acceptors (Lipinski definition) is 3. The topological polar surface area (TPSA) is 47.7 Å². The molecule has 0 N–H and O–H groups in total. The molecule has 0 fully saturated rings. The Balaban J connectivity index is 1.96. The van der Waals surface area contributed by atoms with Crippen molar-refractivity contribution < 1.29 is 13.1 Å². The first-order valence-electron chi connectivity index (χ1n) is 7.81. The zero-order valence-electron chi connectivity index (χ0n) is 13.4. The van der Waals surface area contributed by atoms with Gasteiger partial charge >= 0.3 is 5.89 Å². The second-order valence-corrected chi connectivity index (χ2v) is 4.87. The van der Waals surface area contributed by atoms with Gasteiger partial charge in [-0.3, -0.25) is 9.97 Å². The molecule has 0 unspecified atom stereocenters. The van der Waals surface area contributed by atoms with Crippen LogP contribution < -0.4 is 4.57 Å². The van der Waals surface area contributed by atoms with E-state index in [0.29, 0.717) is 23.7 Å². The molecule has 0 saturated heterocycles. The molecule has 5 heteroatoms. The summed E-state index contributed by atoms with van der Waals surface area (Å²) >= 11 is 0. The van der Waals surface area contributed by atoms with Gasteiger partial charge in [0, 0.05) is 29.7 Å². The number of rotatable bonds is 0. The third-order valence-electron chi connectivity index (χ3n) is 3.84. The maximum absolute atomic E-state index is 7.85. The molecule has 20 heavy (non-hydrogen) atoms. The van der Waals surface area contributed by atoms with E-state index < -0.39 is 6.98 Å². The Morgan fingerprint density at radius 2 is 2.40 bits per heavy atom. The maximum Gasteiger partial charge on any atom is 0.385 e. The number of pyridine rings is 2. The highest BCUT2D eigenvalue weighted by molar-refractivity contribution is 6.01. The summed E-state index contributed by atoms with van der Waals surface area (Å²) in [7, 11) is 0. The summed E-state index contributed by atoms with van der Waals surface area (Å²) in [6.07, 6.45) is 5.01. The molecule has 5 nitrogen and oxygen atoms in total. The van der Waals surface area contributed by atoms with Crippen LogP contribution in [0, 0.1) is 0 Å². The zero-order valence-corrected chi connectivity index (χ0v) is 10.4. The smallest absolute Gasteiger partial charge is 0.380 e. The van der Waals surface area contributed by atoms with Gasteiger partial charge < -0.3 is 8.98 Å². The molecular weight excluding hydrogens is 252 g/mol. The van der Waals surface area contributed by atoms with E-state index in [9.17, 15) is 0 Å². The lowest BCUT2D eigenvalue weighted by Crippen LogP contribution is -2.30. The van der Waals surface area contributed by atoms with Crippen molar-refractivity contribution in [1.82, 2.24) is 14.5 Å². The summed E-state index contributed by atoms with van der Waals surface area (Å²) in [4.78, 5) is 8.52. The predicted octanol–water partition coefficient (Wildman–Crippen LogP) is 2.03. The summed E-state index contributed by atoms with van der Waals surface area (Å²) in [5.74, 6) is 0.641. The van der Waals surface area contributed by atoms with Crippen LogP contribution in [0.3, 0.4) is 0 Å². The molecule has 5 rings (SSSR count). The van der Waals surface area contributed by atoms with E-state index in [0.717, 1.165) is 22.2 Å². The van der Waals surface area contributed by atoms with Crippen LogP contribution in [0.1, 0.15) is 9.81 Å². The Hall–Kier alpha value is -2.69. The average Bonchev–Trinajstić information content (AvgIpc) is 3.12. The molecule has 0 radical (unpaired) electrons. The van der Waals surface area contributed by atoms with Gasteiger partial charge in [0.25, 0.3) is 11.2 Å². The van der Waals surface area contributed by atoms with Crippen LogP contribution in [0.15, 0.2) is 41.2 Å². The SMILES string of the molecule is [2H]C([2H])([2H])n1c2ccncc2c2c1oc1[n+]2Cc2ncccc2-1. The van der Waals surface area contributed by atoms with E-state index in [1.165, 1.54) is 4.57 Å². The van der Waals surface area contributed by atoms with Crippen molar-refractivity contribution in [3.8, 4) is 11.5 Å². The van der Waals surface area contributed by atoms with Gasteiger partial charge in [0.05, 0.1) is 10.9 Å². The molecule has 1 aliphatic rings. The number of aryl methyl sites for hydroxylation is 1. The zero-order chi connectivity index (χ0) is 15.8. The number of nitrogens with zero attached hydrogens (tertiary/aromatic N) is 4. The fourth-order valence-electron chi connectivity index (χ4n) is 2.96. The predicted molar refractivity (Wildman–Crippen MR) is 73.0 cm³/mol. The van der Waals surface area contributed by atoms with Crippen LogP contribution >= 0.6 is 0 Å². The Morgan fingerprint density at radius 1 is 1.40 bits per heavy atom. The minimum Gasteiger partial charge on any atom is -0.380 e. The number of aromatic nitrogens is 4. The summed E-state index contributed by atoms with van der Waals surface area (Å²) < 4.78 is 32.8. The Morgan fingerprint density at radius 3 is 3.35 bits per heavy atom. The lowest BCUT2D eigenvalue weighted by molar-refractivity contribution is -0.649. The molecule has 0 spiro atoms. The molecule has 0 aliphatic carbocycles. The first kappa shape index (κ1) is 7.79. The van der Waals surface area contributed by atoms with Gasteiger partial charge in [0.1, 0.15) is 11.3 Å². The lowest BCUT2D eigenvalue weighted by Gasteiger charge is -1.93. The highest BCUT2D eigenvalue weighted by atomic mass is 16.4. The fraction of sp³-hybridized carbons (Fsp3) is 0.133. The van der Waals surface area contributed by atoms with E-state index in [1.54, 1.807) is 24.7 Å². The molecule has 0 saturated carbocycles. The van der Waals surface area contributed by atoms with Crippen LogP contribution in [0.2, 0.25) is 0 Å². The van der Waals surface area contributed by atoms with Gasteiger partial charge in [-0.1, -0.05) is 0 Å². The van der Waals surface area contributed by atoms with E-state index >= 15 is 0 Å². The van der Waals surface area contributed by atoms with Crippen molar-refractivity contribution in [3.63, 3.8) is 0 Å². The molecule has 1 aliphatic heterocycles. The number of hydrogen-bond donors (Lipinski definition) is 0. The molecule has 0 bridgehead atoms. The molecule has 96 valence electrons. The molecule has 4 aromatic heterocycles. The third-order valence-corrected chi connectivity index (χ3v) is 3.84. The first-order chi connectivity index (χ1) is 11.1. The van der Waals surface area contributed by atoms with Crippen molar-refractivity contribution in [2.45, 2.75) is 6.54 Å². The van der Waals surface area contributed by atoms with Crippen molar-refractivity contribution in [3.05, 3.63) is 42.5 Å². The van der Waals surface area contributed by atoms with E-state index in [1.807, 2.05) is 16.7 Å². The van der Waals surface area contributed by atoms with Gasteiger partial charge in [-0.05, 0) is 18.2 Å². The Labute approximate surface area is 118 Å². The second kappa shape index (κ2) is 3.25. The van der Waals surface area contributed by atoms with Crippen molar-refractivity contribution >= 4 is 22.1 Å². The standard InChI is InChI=1S/C15H11N4O/c1-18-12-4-6-16-7-10(12)13-15(18)20-14-9-3-2-5-17-11(9)8-19(13)14/h2-7H,8H2,1H3/q+1/i1D3. The minimum atomic E-state index is -2.33. The van der Waals surface area contributed by atoms with Crippen LogP contribution in [0.5, 0.6) is 0 Å².